The molecule has 0 saturated carbocycles. The van der Waals surface area contributed by atoms with Crippen LogP contribution in [0.15, 0.2) is 8.86 Å². The molecule has 1 N–H and O–H groups in total. The van der Waals surface area contributed by atoms with Crippen molar-refractivity contribution in [3.05, 3.63) is 8.86 Å². The predicted molar refractivity (Wildman–Crippen MR) is 37.2 cm³/mol. The first-order chi connectivity index (χ1) is 3.85. The number of hydrogen-bond donors (Lipinski definition) is 1. The van der Waals surface area contributed by atoms with Gasteiger partial charge in [0.25, 0.3) is 0 Å². The van der Waals surface area contributed by atoms with Crippen molar-refractivity contribution in [2.75, 3.05) is 0 Å². The van der Waals surface area contributed by atoms with E-state index in [4.69, 9.17) is 39.4 Å². The molecule has 3 nitrogen and oxygen atoms in total. The first-order valence-corrected chi connectivity index (χ1v) is 4.11. The van der Waals surface area contributed by atoms with E-state index in [1.165, 1.54) is 0 Å². The molecule has 0 bridgehead atoms. The SMILES string of the molecule is O=S(=O)(O)C(Cl)=C(Cl)Cl.[H-].[Na+]. The minimum absolute atomic E-state index is 0. The molecule has 0 aliphatic carbocycles. The Labute approximate surface area is 96.9 Å². The third kappa shape index (κ3) is 5.21. The largest absolute Gasteiger partial charge is 1.00 e. The number of rotatable bonds is 1. The summed E-state index contributed by atoms with van der Waals surface area (Å²) in [7, 11) is -4.42. The Hall–Kier alpha value is 1.52. The topological polar surface area (TPSA) is 54.4 Å². The van der Waals surface area contributed by atoms with Gasteiger partial charge >= 0.3 is 39.7 Å². The summed E-state index contributed by atoms with van der Waals surface area (Å²) in [6.07, 6.45) is 0. The maximum absolute atomic E-state index is 9.97. The average Bonchev–Trinajstić information content (AvgIpc) is 1.62. The summed E-state index contributed by atoms with van der Waals surface area (Å²) in [6.45, 7) is 0. The van der Waals surface area contributed by atoms with E-state index in [1.54, 1.807) is 0 Å². The monoisotopic (exact) mass is 234 g/mol. The molecule has 0 aromatic carbocycles. The van der Waals surface area contributed by atoms with Crippen molar-refractivity contribution in [3.8, 4) is 0 Å². The molecular weight excluding hydrogens is 233 g/mol. The van der Waals surface area contributed by atoms with Crippen LogP contribution in [0.25, 0.3) is 0 Å². The first-order valence-electron chi connectivity index (χ1n) is 1.54. The zero-order valence-corrected chi connectivity index (χ0v) is 9.89. The van der Waals surface area contributed by atoms with Gasteiger partial charge in [-0.3, -0.25) is 4.55 Å². The van der Waals surface area contributed by atoms with Crippen LogP contribution in [0.4, 0.5) is 0 Å². The van der Waals surface area contributed by atoms with Crippen LogP contribution >= 0.6 is 34.8 Å². The smallest absolute Gasteiger partial charge is 1.00 e. The van der Waals surface area contributed by atoms with Gasteiger partial charge in [-0.1, -0.05) is 34.8 Å². The van der Waals surface area contributed by atoms with E-state index in [2.05, 4.69) is 0 Å². The van der Waals surface area contributed by atoms with Gasteiger partial charge < -0.3 is 1.43 Å². The normalized spacial score (nSPS) is 10.0. The van der Waals surface area contributed by atoms with E-state index in [-0.39, 0.29) is 31.0 Å². The van der Waals surface area contributed by atoms with Gasteiger partial charge in [-0.05, 0) is 0 Å². The summed E-state index contributed by atoms with van der Waals surface area (Å²) in [6, 6.07) is 0. The molecule has 0 aliphatic rings. The van der Waals surface area contributed by atoms with E-state index in [9.17, 15) is 8.42 Å². The van der Waals surface area contributed by atoms with Crippen molar-refractivity contribution in [2.45, 2.75) is 0 Å². The van der Waals surface area contributed by atoms with Gasteiger partial charge in [0, 0.05) is 0 Å². The number of halogens is 3. The zero-order chi connectivity index (χ0) is 7.65. The van der Waals surface area contributed by atoms with E-state index >= 15 is 0 Å². The standard InChI is InChI=1S/C2HCl3O3S.Na.H/c3-1(4)2(5)9(6,7)8;;/h(H,6,7,8);;/q;+1;-1. The average molecular weight is 235 g/mol. The summed E-state index contributed by atoms with van der Waals surface area (Å²) in [5.74, 6) is 0. The summed E-state index contributed by atoms with van der Waals surface area (Å²) in [5.41, 5.74) is 0. The molecule has 8 heteroatoms. The fourth-order valence-electron chi connectivity index (χ4n) is 0.0975. The molecule has 0 aliphatic heterocycles. The number of hydrogen-bond acceptors (Lipinski definition) is 2. The van der Waals surface area contributed by atoms with Crippen LogP contribution in [0.1, 0.15) is 1.43 Å². The molecule has 56 valence electrons. The van der Waals surface area contributed by atoms with Gasteiger partial charge in [0.15, 0.2) is 4.36 Å². The van der Waals surface area contributed by atoms with Gasteiger partial charge in [0.2, 0.25) is 0 Å². The van der Waals surface area contributed by atoms with Crippen LogP contribution in [0.2, 0.25) is 0 Å². The Kier molecular flexibility index (Phi) is 7.34. The third-order valence-corrected chi connectivity index (χ3v) is 2.60. The molecule has 0 amide bonds. The molecule has 0 rings (SSSR count). The quantitative estimate of drug-likeness (QED) is 0.460. The molecular formula is C2H2Cl3NaO3S. The molecule has 0 radical (unpaired) electrons. The maximum Gasteiger partial charge on any atom is 1.00 e. The third-order valence-electron chi connectivity index (χ3n) is 0.375. The van der Waals surface area contributed by atoms with Crippen LogP contribution < -0.4 is 29.6 Å². The van der Waals surface area contributed by atoms with Crippen LogP contribution in [0.5, 0.6) is 0 Å². The van der Waals surface area contributed by atoms with Crippen LogP contribution in [0, 0.1) is 0 Å². The summed E-state index contributed by atoms with van der Waals surface area (Å²) in [5, 5.41) is 0. The van der Waals surface area contributed by atoms with Crippen molar-refractivity contribution in [1.29, 1.82) is 0 Å². The van der Waals surface area contributed by atoms with E-state index in [0.29, 0.717) is 0 Å². The van der Waals surface area contributed by atoms with Crippen molar-refractivity contribution >= 4 is 44.9 Å². The first kappa shape index (κ1) is 14.1. The molecule has 0 aromatic heterocycles. The molecule has 0 aromatic rings. The second kappa shape index (κ2) is 5.22. The fraction of sp³-hybridized carbons (Fsp3) is 0. The van der Waals surface area contributed by atoms with Crippen molar-refractivity contribution in [2.24, 2.45) is 0 Å². The molecule has 0 spiro atoms. The Morgan fingerprint density at radius 3 is 1.60 bits per heavy atom. The second-order valence-corrected chi connectivity index (χ2v) is 3.92. The maximum atomic E-state index is 9.97. The second-order valence-electron chi connectivity index (χ2n) is 1.01. The van der Waals surface area contributed by atoms with Crippen molar-refractivity contribution in [3.63, 3.8) is 0 Å². The van der Waals surface area contributed by atoms with Crippen LogP contribution in [-0.2, 0) is 10.1 Å². The van der Waals surface area contributed by atoms with Gasteiger partial charge in [-0.15, -0.1) is 0 Å². The van der Waals surface area contributed by atoms with E-state index < -0.39 is 19.0 Å². The van der Waals surface area contributed by atoms with Gasteiger partial charge in [0.05, 0.1) is 0 Å². The summed E-state index contributed by atoms with van der Waals surface area (Å²) >= 11 is 14.6. The summed E-state index contributed by atoms with van der Waals surface area (Å²) in [4.78, 5) is 0. The molecule has 0 saturated heterocycles. The van der Waals surface area contributed by atoms with Gasteiger partial charge in [-0.25, -0.2) is 0 Å². The van der Waals surface area contributed by atoms with Crippen LogP contribution in [0.3, 0.4) is 0 Å². The van der Waals surface area contributed by atoms with E-state index in [0.717, 1.165) is 0 Å². The van der Waals surface area contributed by atoms with Crippen molar-refractivity contribution in [1.82, 2.24) is 0 Å². The zero-order valence-electron chi connectivity index (χ0n) is 5.81. The fourth-order valence-corrected chi connectivity index (χ4v) is 0.877. The summed E-state index contributed by atoms with van der Waals surface area (Å²) < 4.78 is 26.4. The van der Waals surface area contributed by atoms with E-state index in [1.807, 2.05) is 0 Å². The molecule has 0 heterocycles. The van der Waals surface area contributed by atoms with Gasteiger partial charge in [0.1, 0.15) is 4.49 Å². The molecule has 0 fully saturated rings. The molecule has 0 unspecified atom stereocenters. The molecule has 10 heavy (non-hydrogen) atoms. The minimum atomic E-state index is -4.42. The minimum Gasteiger partial charge on any atom is -1.00 e. The van der Waals surface area contributed by atoms with Crippen molar-refractivity contribution < 1.29 is 44.0 Å². The predicted octanol–water partition coefficient (Wildman–Crippen LogP) is -1.17. The Morgan fingerprint density at radius 1 is 1.30 bits per heavy atom. The Bertz CT molecular complexity index is 233. The van der Waals surface area contributed by atoms with Crippen LogP contribution in [-0.4, -0.2) is 13.0 Å². The van der Waals surface area contributed by atoms with Gasteiger partial charge in [-0.2, -0.15) is 8.42 Å². The Morgan fingerprint density at radius 2 is 1.60 bits per heavy atom. The molecule has 0 atom stereocenters. The Balaban J connectivity index is -0.000000320.